The molecule has 2 N–H and O–H groups in total. The fourth-order valence-electron chi connectivity index (χ4n) is 1.04. The highest BCUT2D eigenvalue weighted by Gasteiger charge is 2.12. The first-order valence-electron chi connectivity index (χ1n) is 4.22. The number of ketones is 1. The molecule has 0 spiro atoms. The number of halogens is 1. The Labute approximate surface area is 85.4 Å². The van der Waals surface area contributed by atoms with Gasteiger partial charge in [0.2, 0.25) is 0 Å². The fourth-order valence-corrected chi connectivity index (χ4v) is 1.46. The standard InChI is InChI=1S/C9H12BrNO2/c10-7-4-6-13-9(7)8(12)3-1-2-5-11/h4,6H,1-3,5,11H2. The van der Waals surface area contributed by atoms with Crippen LogP contribution in [0.1, 0.15) is 29.8 Å². The second-order valence-electron chi connectivity index (χ2n) is 2.77. The zero-order valence-corrected chi connectivity index (χ0v) is 8.84. The van der Waals surface area contributed by atoms with Gasteiger partial charge in [-0.25, -0.2) is 0 Å². The normalized spacial score (nSPS) is 10.3. The molecule has 1 aromatic rings. The number of hydrogen-bond donors (Lipinski definition) is 1. The summed E-state index contributed by atoms with van der Waals surface area (Å²) in [6.45, 7) is 0.632. The van der Waals surface area contributed by atoms with Gasteiger partial charge < -0.3 is 10.2 Å². The van der Waals surface area contributed by atoms with Gasteiger partial charge in [-0.05, 0) is 41.4 Å². The van der Waals surface area contributed by atoms with Crippen molar-refractivity contribution in [2.24, 2.45) is 5.73 Å². The molecule has 1 heterocycles. The van der Waals surface area contributed by atoms with E-state index >= 15 is 0 Å². The van der Waals surface area contributed by atoms with Gasteiger partial charge in [-0.2, -0.15) is 0 Å². The van der Waals surface area contributed by atoms with Crippen molar-refractivity contribution in [2.45, 2.75) is 19.3 Å². The summed E-state index contributed by atoms with van der Waals surface area (Å²) >= 11 is 3.24. The first-order chi connectivity index (χ1) is 6.25. The van der Waals surface area contributed by atoms with E-state index < -0.39 is 0 Å². The number of carbonyl (C=O) groups is 1. The van der Waals surface area contributed by atoms with Crippen LogP contribution >= 0.6 is 15.9 Å². The molecule has 0 unspecified atom stereocenters. The predicted octanol–water partition coefficient (Wildman–Crippen LogP) is 2.35. The van der Waals surface area contributed by atoms with Crippen molar-refractivity contribution in [1.29, 1.82) is 0 Å². The fraction of sp³-hybridized carbons (Fsp3) is 0.444. The van der Waals surface area contributed by atoms with Crippen LogP contribution in [0.4, 0.5) is 0 Å². The zero-order chi connectivity index (χ0) is 9.68. The Morgan fingerprint density at radius 2 is 2.31 bits per heavy atom. The number of hydrogen-bond acceptors (Lipinski definition) is 3. The molecule has 0 fully saturated rings. The van der Waals surface area contributed by atoms with E-state index in [1.165, 1.54) is 6.26 Å². The van der Waals surface area contributed by atoms with E-state index in [9.17, 15) is 4.79 Å². The van der Waals surface area contributed by atoms with Crippen LogP contribution in [0.2, 0.25) is 0 Å². The quantitative estimate of drug-likeness (QED) is 0.640. The highest BCUT2D eigenvalue weighted by atomic mass is 79.9. The largest absolute Gasteiger partial charge is 0.460 e. The van der Waals surface area contributed by atoms with Gasteiger partial charge in [0.15, 0.2) is 11.5 Å². The lowest BCUT2D eigenvalue weighted by Crippen LogP contribution is -2.02. The lowest BCUT2D eigenvalue weighted by molar-refractivity contribution is 0.0951. The molecule has 1 aromatic heterocycles. The number of furan rings is 1. The van der Waals surface area contributed by atoms with E-state index in [4.69, 9.17) is 10.2 Å². The summed E-state index contributed by atoms with van der Waals surface area (Å²) in [5.74, 6) is 0.447. The van der Waals surface area contributed by atoms with Crippen molar-refractivity contribution in [2.75, 3.05) is 6.54 Å². The van der Waals surface area contributed by atoms with Gasteiger partial charge in [0, 0.05) is 6.42 Å². The van der Waals surface area contributed by atoms with E-state index in [2.05, 4.69) is 15.9 Å². The average Bonchev–Trinajstić information content (AvgIpc) is 2.52. The zero-order valence-electron chi connectivity index (χ0n) is 7.25. The van der Waals surface area contributed by atoms with Crippen LogP contribution in [0.25, 0.3) is 0 Å². The highest BCUT2D eigenvalue weighted by Crippen LogP contribution is 2.19. The summed E-state index contributed by atoms with van der Waals surface area (Å²) in [6, 6.07) is 1.72. The van der Waals surface area contributed by atoms with E-state index in [0.29, 0.717) is 18.7 Å². The number of carbonyl (C=O) groups excluding carboxylic acids is 1. The monoisotopic (exact) mass is 245 g/mol. The summed E-state index contributed by atoms with van der Waals surface area (Å²) in [6.07, 6.45) is 3.70. The van der Waals surface area contributed by atoms with E-state index in [0.717, 1.165) is 17.3 Å². The number of nitrogens with two attached hydrogens (primary N) is 1. The molecule has 0 aliphatic carbocycles. The molecular weight excluding hydrogens is 234 g/mol. The summed E-state index contributed by atoms with van der Waals surface area (Å²) < 4.78 is 5.76. The Kier molecular flexibility index (Phi) is 4.18. The molecule has 0 saturated carbocycles. The summed E-state index contributed by atoms with van der Waals surface area (Å²) in [5, 5.41) is 0. The molecule has 0 bridgehead atoms. The second kappa shape index (κ2) is 5.19. The van der Waals surface area contributed by atoms with Crippen molar-refractivity contribution >= 4 is 21.7 Å². The lowest BCUT2D eigenvalue weighted by Gasteiger charge is -1.96. The maximum Gasteiger partial charge on any atom is 0.199 e. The minimum Gasteiger partial charge on any atom is -0.460 e. The molecule has 1 rings (SSSR count). The van der Waals surface area contributed by atoms with E-state index in [1.54, 1.807) is 6.07 Å². The van der Waals surface area contributed by atoms with Crippen molar-refractivity contribution < 1.29 is 9.21 Å². The van der Waals surface area contributed by atoms with Crippen LogP contribution in [-0.4, -0.2) is 12.3 Å². The van der Waals surface area contributed by atoms with Gasteiger partial charge in [-0.1, -0.05) is 0 Å². The first-order valence-corrected chi connectivity index (χ1v) is 5.01. The van der Waals surface area contributed by atoms with Gasteiger partial charge in [0.05, 0.1) is 10.7 Å². The maximum atomic E-state index is 11.4. The minimum atomic E-state index is 0.0327. The Balaban J connectivity index is 2.45. The molecule has 0 saturated heterocycles. The molecule has 0 aliphatic heterocycles. The molecule has 0 radical (unpaired) electrons. The molecule has 0 aliphatic rings. The minimum absolute atomic E-state index is 0.0327. The maximum absolute atomic E-state index is 11.4. The van der Waals surface area contributed by atoms with E-state index in [1.807, 2.05) is 0 Å². The molecule has 13 heavy (non-hydrogen) atoms. The van der Waals surface area contributed by atoms with Gasteiger partial charge in [-0.15, -0.1) is 0 Å². The Morgan fingerprint density at radius 3 is 2.85 bits per heavy atom. The Morgan fingerprint density at radius 1 is 1.54 bits per heavy atom. The van der Waals surface area contributed by atoms with Gasteiger partial charge in [0.25, 0.3) is 0 Å². The van der Waals surface area contributed by atoms with Crippen LogP contribution in [0.3, 0.4) is 0 Å². The molecule has 0 aromatic carbocycles. The van der Waals surface area contributed by atoms with Crippen LogP contribution in [0.5, 0.6) is 0 Å². The van der Waals surface area contributed by atoms with Crippen molar-refractivity contribution in [3.63, 3.8) is 0 Å². The first kappa shape index (κ1) is 10.5. The highest BCUT2D eigenvalue weighted by molar-refractivity contribution is 9.10. The Bertz CT molecular complexity index is 283. The lowest BCUT2D eigenvalue weighted by atomic mass is 10.1. The van der Waals surface area contributed by atoms with Gasteiger partial charge in [0.1, 0.15) is 0 Å². The topological polar surface area (TPSA) is 56.2 Å². The third kappa shape index (κ3) is 2.97. The molecule has 3 nitrogen and oxygen atoms in total. The predicted molar refractivity (Wildman–Crippen MR) is 53.6 cm³/mol. The third-order valence-corrected chi connectivity index (χ3v) is 2.35. The molecule has 0 amide bonds. The van der Waals surface area contributed by atoms with Crippen molar-refractivity contribution in [3.05, 3.63) is 22.6 Å². The number of Topliss-reactive ketones (excluding diaryl/α,β-unsaturated/α-hetero) is 1. The van der Waals surface area contributed by atoms with Crippen LogP contribution in [0.15, 0.2) is 21.2 Å². The second-order valence-corrected chi connectivity index (χ2v) is 3.62. The smallest absolute Gasteiger partial charge is 0.199 e. The average molecular weight is 246 g/mol. The molecule has 0 atom stereocenters. The van der Waals surface area contributed by atoms with Gasteiger partial charge >= 0.3 is 0 Å². The van der Waals surface area contributed by atoms with Crippen molar-refractivity contribution in [3.8, 4) is 0 Å². The number of unbranched alkanes of at least 4 members (excludes halogenated alkanes) is 1. The third-order valence-electron chi connectivity index (χ3n) is 1.73. The van der Waals surface area contributed by atoms with Crippen LogP contribution < -0.4 is 5.73 Å². The summed E-state index contributed by atoms with van der Waals surface area (Å²) in [5.41, 5.74) is 5.32. The summed E-state index contributed by atoms with van der Waals surface area (Å²) in [4.78, 5) is 11.4. The summed E-state index contributed by atoms with van der Waals surface area (Å²) in [7, 11) is 0. The molecular formula is C9H12BrNO2. The molecule has 72 valence electrons. The molecule has 4 heteroatoms. The number of rotatable bonds is 5. The van der Waals surface area contributed by atoms with Crippen LogP contribution in [-0.2, 0) is 0 Å². The van der Waals surface area contributed by atoms with E-state index in [-0.39, 0.29) is 5.78 Å². The SMILES string of the molecule is NCCCCC(=O)c1occc1Br. The van der Waals surface area contributed by atoms with Crippen molar-refractivity contribution in [1.82, 2.24) is 0 Å². The Hall–Kier alpha value is -0.610. The van der Waals surface area contributed by atoms with Gasteiger partial charge in [-0.3, -0.25) is 4.79 Å². The van der Waals surface area contributed by atoms with Crippen LogP contribution in [0, 0.1) is 0 Å².